The Morgan fingerprint density at radius 2 is 1.96 bits per heavy atom. The van der Waals surface area contributed by atoms with E-state index in [0.29, 0.717) is 24.2 Å². The number of aryl methyl sites for hydroxylation is 1. The Morgan fingerprint density at radius 1 is 1.17 bits per heavy atom. The molecule has 0 spiro atoms. The van der Waals surface area contributed by atoms with Gasteiger partial charge in [0, 0.05) is 19.9 Å². The lowest BCUT2D eigenvalue weighted by Crippen LogP contribution is -2.27. The zero-order valence-electron chi connectivity index (χ0n) is 13.5. The molecule has 3 rings (SSSR count). The van der Waals surface area contributed by atoms with Crippen molar-refractivity contribution in [3.8, 4) is 0 Å². The van der Waals surface area contributed by atoms with E-state index < -0.39 is 0 Å². The molecule has 1 heterocycles. The molecule has 0 saturated carbocycles. The maximum Gasteiger partial charge on any atom is 0.224 e. The summed E-state index contributed by atoms with van der Waals surface area (Å²) in [6.07, 6.45) is 1.31. The van der Waals surface area contributed by atoms with Crippen molar-refractivity contribution in [2.24, 2.45) is 0 Å². The summed E-state index contributed by atoms with van der Waals surface area (Å²) < 4.78 is 13.6. The van der Waals surface area contributed by atoms with Crippen LogP contribution in [-0.2, 0) is 22.4 Å². The number of hydrogen-bond acceptors (Lipinski definition) is 2. The lowest BCUT2D eigenvalue weighted by Gasteiger charge is -2.19. The van der Waals surface area contributed by atoms with Crippen molar-refractivity contribution < 1.29 is 14.0 Å². The molecule has 2 aromatic carbocycles. The fourth-order valence-electron chi connectivity index (χ4n) is 3.03. The number of nitrogens with one attached hydrogen (secondary N) is 1. The summed E-state index contributed by atoms with van der Waals surface area (Å²) in [5, 5.41) is 2.86. The third-order valence-corrected chi connectivity index (χ3v) is 4.23. The number of halogens is 1. The third kappa shape index (κ3) is 3.30. The molecule has 1 aliphatic rings. The minimum Gasteiger partial charge on any atom is -0.324 e. The van der Waals surface area contributed by atoms with Crippen LogP contribution < -0.4 is 10.2 Å². The lowest BCUT2D eigenvalue weighted by atomic mass is 10.1. The summed E-state index contributed by atoms with van der Waals surface area (Å²) in [4.78, 5) is 25.7. The van der Waals surface area contributed by atoms with Gasteiger partial charge in [-0.2, -0.15) is 0 Å². The maximum absolute atomic E-state index is 13.6. The second-order valence-corrected chi connectivity index (χ2v) is 5.87. The van der Waals surface area contributed by atoms with Crippen LogP contribution in [0.25, 0.3) is 0 Å². The van der Waals surface area contributed by atoms with Gasteiger partial charge < -0.3 is 10.2 Å². The van der Waals surface area contributed by atoms with Gasteiger partial charge in [-0.25, -0.2) is 4.39 Å². The first kappa shape index (κ1) is 16.2. The average molecular weight is 326 g/mol. The molecule has 2 aromatic rings. The predicted molar refractivity (Wildman–Crippen MR) is 91.5 cm³/mol. The molecule has 0 radical (unpaired) electrons. The van der Waals surface area contributed by atoms with Crippen molar-refractivity contribution in [1.29, 1.82) is 0 Å². The quantitative estimate of drug-likeness (QED) is 0.937. The van der Waals surface area contributed by atoms with Crippen LogP contribution in [0.15, 0.2) is 42.5 Å². The fourth-order valence-corrected chi connectivity index (χ4v) is 3.03. The van der Waals surface area contributed by atoms with Gasteiger partial charge in [-0.05, 0) is 36.1 Å². The van der Waals surface area contributed by atoms with E-state index in [-0.39, 0.29) is 24.1 Å². The smallest absolute Gasteiger partial charge is 0.224 e. The van der Waals surface area contributed by atoms with E-state index in [2.05, 4.69) is 5.32 Å². The summed E-state index contributed by atoms with van der Waals surface area (Å²) in [6, 6.07) is 12.1. The Kier molecular flexibility index (Phi) is 4.60. The topological polar surface area (TPSA) is 49.4 Å². The molecule has 0 aliphatic carbocycles. The summed E-state index contributed by atoms with van der Waals surface area (Å²) in [5.41, 5.74) is 3.00. The second kappa shape index (κ2) is 6.83. The van der Waals surface area contributed by atoms with Crippen molar-refractivity contribution in [2.45, 2.75) is 26.2 Å². The Morgan fingerprint density at radius 3 is 2.71 bits per heavy atom. The van der Waals surface area contributed by atoms with Gasteiger partial charge in [0.25, 0.3) is 0 Å². The van der Waals surface area contributed by atoms with E-state index in [1.807, 2.05) is 12.1 Å². The van der Waals surface area contributed by atoms with E-state index in [4.69, 9.17) is 0 Å². The van der Waals surface area contributed by atoms with Crippen LogP contribution >= 0.6 is 0 Å². The minimum absolute atomic E-state index is 0.0400. The number of carbonyl (C=O) groups excluding carboxylic acids is 2. The molecule has 5 heteroatoms. The molecule has 0 atom stereocenters. The van der Waals surface area contributed by atoms with Gasteiger partial charge in [-0.3, -0.25) is 9.59 Å². The van der Waals surface area contributed by atoms with Crippen LogP contribution in [0.4, 0.5) is 15.8 Å². The van der Waals surface area contributed by atoms with Crippen molar-refractivity contribution in [3.63, 3.8) is 0 Å². The molecule has 2 amide bonds. The van der Waals surface area contributed by atoms with E-state index >= 15 is 0 Å². The highest BCUT2D eigenvalue weighted by atomic mass is 19.1. The van der Waals surface area contributed by atoms with Crippen LogP contribution in [0.2, 0.25) is 0 Å². The number of anilines is 2. The largest absolute Gasteiger partial charge is 0.324 e. The first-order chi connectivity index (χ1) is 11.6. The van der Waals surface area contributed by atoms with E-state index in [0.717, 1.165) is 17.7 Å². The van der Waals surface area contributed by atoms with Gasteiger partial charge in [0.2, 0.25) is 11.8 Å². The molecule has 24 heavy (non-hydrogen) atoms. The number of rotatable bonds is 4. The van der Waals surface area contributed by atoms with Gasteiger partial charge in [-0.1, -0.05) is 30.3 Å². The van der Waals surface area contributed by atoms with Crippen LogP contribution in [0, 0.1) is 5.82 Å². The third-order valence-electron chi connectivity index (χ3n) is 4.23. The lowest BCUT2D eigenvalue weighted by molar-refractivity contribution is -0.117. The molecular formula is C19H19FN2O2. The normalized spacial score (nSPS) is 12.8. The maximum atomic E-state index is 13.6. The molecule has 1 N–H and O–H groups in total. The fraction of sp³-hybridized carbons (Fsp3) is 0.263. The van der Waals surface area contributed by atoms with Crippen LogP contribution in [0.5, 0.6) is 0 Å². The van der Waals surface area contributed by atoms with E-state index in [1.165, 1.54) is 13.0 Å². The second-order valence-electron chi connectivity index (χ2n) is 5.87. The monoisotopic (exact) mass is 326 g/mol. The van der Waals surface area contributed by atoms with Gasteiger partial charge in [0.1, 0.15) is 5.82 Å². The van der Waals surface area contributed by atoms with Crippen molar-refractivity contribution in [2.75, 3.05) is 16.8 Å². The first-order valence-electron chi connectivity index (χ1n) is 7.99. The highest BCUT2D eigenvalue weighted by Gasteiger charge is 2.25. The van der Waals surface area contributed by atoms with Crippen molar-refractivity contribution in [3.05, 3.63) is 59.4 Å². The van der Waals surface area contributed by atoms with Gasteiger partial charge >= 0.3 is 0 Å². The van der Waals surface area contributed by atoms with Crippen molar-refractivity contribution in [1.82, 2.24) is 0 Å². The molecule has 1 aliphatic heterocycles. The summed E-state index contributed by atoms with van der Waals surface area (Å²) in [6.45, 7) is 2.15. The molecule has 0 bridgehead atoms. The zero-order chi connectivity index (χ0) is 17.1. The number of hydrogen-bond donors (Lipinski definition) is 1. The van der Waals surface area contributed by atoms with Gasteiger partial charge in [0.15, 0.2) is 0 Å². The Hall–Kier alpha value is -2.69. The Labute approximate surface area is 140 Å². The molecular weight excluding hydrogens is 307 g/mol. The van der Waals surface area contributed by atoms with Gasteiger partial charge in [0.05, 0.1) is 11.4 Å². The Balaban J connectivity index is 1.71. The first-order valence-corrected chi connectivity index (χ1v) is 7.99. The summed E-state index contributed by atoms with van der Waals surface area (Å²) >= 11 is 0. The Bertz CT molecular complexity index is 789. The number of para-hydroxylation sites is 1. The predicted octanol–water partition coefficient (Wildman–Crippen LogP) is 3.31. The van der Waals surface area contributed by atoms with Crippen molar-refractivity contribution >= 4 is 23.2 Å². The highest BCUT2D eigenvalue weighted by Crippen LogP contribution is 2.35. The molecule has 124 valence electrons. The zero-order valence-corrected chi connectivity index (χ0v) is 13.5. The average Bonchev–Trinajstić information content (AvgIpc) is 2.99. The standard InChI is InChI=1S/C19H19FN2O2/c1-13(23)22-12-11-15-6-4-8-17(19(15)22)21-18(24)10-9-14-5-2-3-7-16(14)20/h2-8H,9-12H2,1H3,(H,21,24). The number of benzene rings is 2. The van der Waals surface area contributed by atoms with Crippen LogP contribution in [0.3, 0.4) is 0 Å². The molecule has 0 unspecified atom stereocenters. The van der Waals surface area contributed by atoms with Crippen LogP contribution in [0.1, 0.15) is 24.5 Å². The summed E-state index contributed by atoms with van der Waals surface area (Å²) in [5.74, 6) is -0.530. The highest BCUT2D eigenvalue weighted by molar-refractivity contribution is 6.02. The summed E-state index contributed by atoms with van der Waals surface area (Å²) in [7, 11) is 0. The number of fused-ring (bicyclic) bond motifs is 1. The van der Waals surface area contributed by atoms with Gasteiger partial charge in [-0.15, -0.1) is 0 Å². The molecule has 4 nitrogen and oxygen atoms in total. The molecule has 0 fully saturated rings. The number of carbonyl (C=O) groups is 2. The number of nitrogens with zero attached hydrogens (tertiary/aromatic N) is 1. The SMILES string of the molecule is CC(=O)N1CCc2cccc(NC(=O)CCc3ccccc3F)c21. The van der Waals surface area contributed by atoms with E-state index in [9.17, 15) is 14.0 Å². The molecule has 0 saturated heterocycles. The number of amides is 2. The minimum atomic E-state index is -0.298. The van der Waals surface area contributed by atoms with E-state index in [1.54, 1.807) is 29.2 Å². The molecule has 0 aromatic heterocycles. The van der Waals surface area contributed by atoms with Crippen LogP contribution in [-0.4, -0.2) is 18.4 Å².